The average Bonchev–Trinajstić information content (AvgIpc) is 2.92. The van der Waals surface area contributed by atoms with Crippen molar-refractivity contribution in [3.63, 3.8) is 0 Å². The van der Waals surface area contributed by atoms with Crippen LogP contribution in [0.2, 0.25) is 0 Å². The lowest BCUT2D eigenvalue weighted by atomic mass is 10.1. The molecule has 1 aromatic heterocycles. The van der Waals surface area contributed by atoms with E-state index in [4.69, 9.17) is 9.84 Å². The van der Waals surface area contributed by atoms with Crippen LogP contribution in [0.5, 0.6) is 0 Å². The van der Waals surface area contributed by atoms with Crippen LogP contribution >= 0.6 is 0 Å². The topological polar surface area (TPSA) is 93.7 Å². The molecule has 1 aromatic rings. The van der Waals surface area contributed by atoms with Crippen molar-refractivity contribution in [1.29, 1.82) is 0 Å². The summed E-state index contributed by atoms with van der Waals surface area (Å²) in [6.45, 7) is 2.97. The molecule has 0 aliphatic carbocycles. The first-order valence-corrected chi connectivity index (χ1v) is 7.20. The molecule has 1 N–H and O–H groups in total. The smallest absolute Gasteiger partial charge is 0.311 e. The molecule has 1 fully saturated rings. The summed E-state index contributed by atoms with van der Waals surface area (Å²) < 4.78 is 7.33. The second kappa shape index (κ2) is 6.97. The van der Waals surface area contributed by atoms with Gasteiger partial charge in [0.25, 0.3) is 0 Å². The van der Waals surface area contributed by atoms with Crippen LogP contribution in [0.3, 0.4) is 0 Å². The number of nitro groups is 1. The summed E-state index contributed by atoms with van der Waals surface area (Å²) in [6.07, 6.45) is 3.89. The third-order valence-corrected chi connectivity index (χ3v) is 3.95. The van der Waals surface area contributed by atoms with Gasteiger partial charge in [0.1, 0.15) is 11.9 Å². The number of aliphatic hydroxyl groups is 1. The predicted octanol–water partition coefficient (Wildman–Crippen LogP) is 1.48. The molecular formula is C13H22N4O4. The molecule has 0 aromatic carbocycles. The van der Waals surface area contributed by atoms with E-state index in [9.17, 15) is 10.1 Å². The highest BCUT2D eigenvalue weighted by molar-refractivity contribution is 5.35. The van der Waals surface area contributed by atoms with E-state index < -0.39 is 4.92 Å². The Morgan fingerprint density at radius 3 is 3.00 bits per heavy atom. The van der Waals surface area contributed by atoms with Gasteiger partial charge in [-0.25, -0.2) is 4.68 Å². The van der Waals surface area contributed by atoms with E-state index >= 15 is 0 Å². The molecule has 0 amide bonds. The van der Waals surface area contributed by atoms with Crippen LogP contribution in [0.15, 0.2) is 6.20 Å². The van der Waals surface area contributed by atoms with Crippen molar-refractivity contribution >= 4 is 5.69 Å². The van der Waals surface area contributed by atoms with Crippen LogP contribution in [-0.2, 0) is 4.74 Å². The molecule has 21 heavy (non-hydrogen) atoms. The molecule has 1 aliphatic heterocycles. The SMILES string of the molecule is C[C@H](c1c([N+](=O)[O-])cnn1[C@@H]1CCCCO1)N(C)CCO. The van der Waals surface area contributed by atoms with Gasteiger partial charge in [0.15, 0.2) is 6.23 Å². The van der Waals surface area contributed by atoms with Gasteiger partial charge in [-0.3, -0.25) is 15.0 Å². The molecule has 8 heteroatoms. The third kappa shape index (κ3) is 3.39. The van der Waals surface area contributed by atoms with E-state index in [1.165, 1.54) is 6.20 Å². The standard InChI is InChI=1S/C13H22N4O4/c1-10(15(2)6-7-18)13-11(17(19)20)9-14-16(13)12-5-3-4-8-21-12/h9-10,12,18H,3-8H2,1-2H3/t10-,12+/m1/s1. The van der Waals surface area contributed by atoms with E-state index in [0.29, 0.717) is 18.8 Å². The minimum Gasteiger partial charge on any atom is -0.395 e. The Bertz CT molecular complexity index is 485. The largest absolute Gasteiger partial charge is 0.395 e. The summed E-state index contributed by atoms with van der Waals surface area (Å²) >= 11 is 0. The van der Waals surface area contributed by atoms with Crippen molar-refractivity contribution in [2.45, 2.75) is 38.5 Å². The molecule has 8 nitrogen and oxygen atoms in total. The second-order valence-corrected chi connectivity index (χ2v) is 5.32. The summed E-state index contributed by atoms with van der Waals surface area (Å²) in [4.78, 5) is 12.7. The van der Waals surface area contributed by atoms with Crippen molar-refractivity contribution in [2.24, 2.45) is 0 Å². The fourth-order valence-corrected chi connectivity index (χ4v) is 2.61. The summed E-state index contributed by atoms with van der Waals surface area (Å²) in [5.41, 5.74) is 0.532. The highest BCUT2D eigenvalue weighted by Gasteiger charge is 2.31. The van der Waals surface area contributed by atoms with Gasteiger partial charge >= 0.3 is 5.69 Å². The van der Waals surface area contributed by atoms with E-state index in [1.54, 1.807) is 4.68 Å². The van der Waals surface area contributed by atoms with Crippen LogP contribution in [0.4, 0.5) is 5.69 Å². The Hall–Kier alpha value is -1.51. The zero-order valence-corrected chi connectivity index (χ0v) is 12.4. The van der Waals surface area contributed by atoms with E-state index in [1.807, 2.05) is 18.9 Å². The Morgan fingerprint density at radius 2 is 2.43 bits per heavy atom. The molecule has 1 aliphatic rings. The summed E-state index contributed by atoms with van der Waals surface area (Å²) in [7, 11) is 1.82. The molecular weight excluding hydrogens is 276 g/mol. The normalized spacial score (nSPS) is 20.7. The van der Waals surface area contributed by atoms with Gasteiger partial charge in [-0.2, -0.15) is 5.10 Å². The molecule has 0 bridgehead atoms. The average molecular weight is 298 g/mol. The Balaban J connectivity index is 2.34. The van der Waals surface area contributed by atoms with Crippen molar-refractivity contribution in [1.82, 2.24) is 14.7 Å². The molecule has 1 saturated heterocycles. The number of hydrogen-bond donors (Lipinski definition) is 1. The van der Waals surface area contributed by atoms with Gasteiger partial charge in [0.05, 0.1) is 17.6 Å². The van der Waals surface area contributed by atoms with Gasteiger partial charge in [0, 0.05) is 13.2 Å². The van der Waals surface area contributed by atoms with E-state index in [0.717, 1.165) is 19.3 Å². The maximum Gasteiger partial charge on any atom is 0.311 e. The van der Waals surface area contributed by atoms with Gasteiger partial charge < -0.3 is 9.84 Å². The molecule has 0 unspecified atom stereocenters. The highest BCUT2D eigenvalue weighted by atomic mass is 16.6. The first-order valence-electron chi connectivity index (χ1n) is 7.20. The first kappa shape index (κ1) is 15.9. The third-order valence-electron chi connectivity index (χ3n) is 3.95. The number of hydrogen-bond acceptors (Lipinski definition) is 6. The molecule has 118 valence electrons. The maximum absolute atomic E-state index is 11.2. The van der Waals surface area contributed by atoms with E-state index in [2.05, 4.69) is 5.10 Å². The van der Waals surface area contributed by atoms with E-state index in [-0.39, 0.29) is 24.6 Å². The summed E-state index contributed by atoms with van der Waals surface area (Å²) in [6, 6.07) is -0.231. The highest BCUT2D eigenvalue weighted by Crippen LogP contribution is 2.33. The lowest BCUT2D eigenvalue weighted by molar-refractivity contribution is -0.386. The summed E-state index contributed by atoms with van der Waals surface area (Å²) in [5.74, 6) is 0. The minimum absolute atomic E-state index is 0.00135. The molecule has 0 spiro atoms. The Labute approximate surface area is 123 Å². The minimum atomic E-state index is -0.412. The van der Waals surface area contributed by atoms with Crippen molar-refractivity contribution in [2.75, 3.05) is 26.8 Å². The molecule has 2 atom stereocenters. The van der Waals surface area contributed by atoms with Crippen LogP contribution in [0.1, 0.15) is 44.1 Å². The van der Waals surface area contributed by atoms with Crippen LogP contribution < -0.4 is 0 Å². The predicted molar refractivity (Wildman–Crippen MR) is 75.9 cm³/mol. The van der Waals surface area contributed by atoms with Crippen molar-refractivity contribution in [3.8, 4) is 0 Å². The first-order chi connectivity index (χ1) is 10.1. The molecule has 2 rings (SSSR count). The zero-order valence-electron chi connectivity index (χ0n) is 12.4. The number of nitrogens with zero attached hydrogens (tertiary/aromatic N) is 4. The number of ether oxygens (including phenoxy) is 1. The molecule has 0 saturated carbocycles. The Kier molecular flexibility index (Phi) is 5.27. The second-order valence-electron chi connectivity index (χ2n) is 5.32. The molecule has 0 radical (unpaired) electrons. The lowest BCUT2D eigenvalue weighted by Crippen LogP contribution is -2.30. The van der Waals surface area contributed by atoms with Gasteiger partial charge in [-0.1, -0.05) is 0 Å². The number of likely N-dealkylation sites (N-methyl/N-ethyl adjacent to an activating group) is 1. The lowest BCUT2D eigenvalue weighted by Gasteiger charge is -2.28. The van der Waals surface area contributed by atoms with Crippen LogP contribution in [0.25, 0.3) is 0 Å². The van der Waals surface area contributed by atoms with Crippen molar-refractivity contribution in [3.05, 3.63) is 22.0 Å². The number of rotatable bonds is 6. The summed E-state index contributed by atoms with van der Waals surface area (Å²) in [5, 5.41) is 24.5. The quantitative estimate of drug-likeness (QED) is 0.631. The monoisotopic (exact) mass is 298 g/mol. The van der Waals surface area contributed by atoms with Gasteiger partial charge in [-0.15, -0.1) is 0 Å². The fraction of sp³-hybridized carbons (Fsp3) is 0.769. The fourth-order valence-electron chi connectivity index (χ4n) is 2.61. The number of aliphatic hydroxyl groups excluding tert-OH is 1. The Morgan fingerprint density at radius 1 is 1.67 bits per heavy atom. The molecule has 2 heterocycles. The maximum atomic E-state index is 11.2. The van der Waals surface area contributed by atoms with Gasteiger partial charge in [-0.05, 0) is 33.2 Å². The van der Waals surface area contributed by atoms with Gasteiger partial charge in [0.2, 0.25) is 0 Å². The van der Waals surface area contributed by atoms with Crippen LogP contribution in [0, 0.1) is 10.1 Å². The zero-order chi connectivity index (χ0) is 15.4. The number of aromatic nitrogens is 2. The van der Waals surface area contributed by atoms with Crippen molar-refractivity contribution < 1.29 is 14.8 Å². The van der Waals surface area contributed by atoms with Crippen LogP contribution in [-0.4, -0.2) is 51.5 Å².